The Morgan fingerprint density at radius 3 is 2.62 bits per heavy atom. The highest BCUT2D eigenvalue weighted by Gasteiger charge is 2.20. The minimum absolute atomic E-state index is 0.0950. The van der Waals surface area contributed by atoms with Crippen molar-refractivity contribution in [2.75, 3.05) is 13.1 Å². The van der Waals surface area contributed by atoms with E-state index in [1.54, 1.807) is 0 Å². The zero-order valence-corrected chi connectivity index (χ0v) is 13.2. The molecule has 1 saturated heterocycles. The number of aromatic nitrogens is 2. The molecule has 1 N–H and O–H groups in total. The minimum Gasteiger partial charge on any atom is -0.339 e. The van der Waals surface area contributed by atoms with Crippen LogP contribution in [0.3, 0.4) is 0 Å². The van der Waals surface area contributed by atoms with Gasteiger partial charge in [-0.3, -0.25) is 9.89 Å². The molecule has 0 bridgehead atoms. The summed E-state index contributed by atoms with van der Waals surface area (Å²) in [6.45, 7) is 1.70. The van der Waals surface area contributed by atoms with Gasteiger partial charge < -0.3 is 4.90 Å². The van der Waals surface area contributed by atoms with E-state index in [2.05, 4.69) is 22.0 Å². The molecule has 2 heterocycles. The van der Waals surface area contributed by atoms with E-state index in [1.165, 1.54) is 0 Å². The van der Waals surface area contributed by atoms with E-state index in [4.69, 9.17) is 0 Å². The van der Waals surface area contributed by atoms with Gasteiger partial charge in [-0.15, -0.1) is 0 Å². The van der Waals surface area contributed by atoms with Crippen LogP contribution in [0.25, 0.3) is 10.9 Å². The number of rotatable bonds is 1. The fourth-order valence-corrected chi connectivity index (χ4v) is 3.00. The Morgan fingerprint density at radius 2 is 1.83 bits per heavy atom. The summed E-state index contributed by atoms with van der Waals surface area (Å²) in [5.74, 6) is 6.31. The zero-order valence-electron chi connectivity index (χ0n) is 13.2. The first-order valence-corrected chi connectivity index (χ1v) is 8.16. The predicted octanol–water partition coefficient (Wildman–Crippen LogP) is 3.20. The van der Waals surface area contributed by atoms with Crippen LogP contribution in [0.1, 0.15) is 34.5 Å². The maximum absolute atomic E-state index is 12.6. The number of nitrogens with one attached hydrogen (secondary N) is 1. The van der Waals surface area contributed by atoms with Gasteiger partial charge >= 0.3 is 0 Å². The molecule has 1 aromatic heterocycles. The summed E-state index contributed by atoms with van der Waals surface area (Å²) in [5, 5.41) is 8.16. The van der Waals surface area contributed by atoms with E-state index in [0.717, 1.165) is 42.4 Å². The summed E-state index contributed by atoms with van der Waals surface area (Å²) < 4.78 is 0. The van der Waals surface area contributed by atoms with E-state index in [9.17, 15) is 4.79 Å². The molecule has 0 unspecified atom stereocenters. The summed E-state index contributed by atoms with van der Waals surface area (Å²) >= 11 is 0. The van der Waals surface area contributed by atoms with Crippen molar-refractivity contribution in [2.45, 2.75) is 12.8 Å². The van der Waals surface area contributed by atoms with Gasteiger partial charge in [0.15, 0.2) is 0 Å². The normalized spacial score (nSPS) is 13.8. The monoisotopic (exact) mass is 315 g/mol. The Bertz CT molecular complexity index is 941. The van der Waals surface area contributed by atoms with Gasteiger partial charge in [-0.05, 0) is 49.1 Å². The van der Waals surface area contributed by atoms with Crippen LogP contribution in [-0.4, -0.2) is 34.1 Å². The fraction of sp³-hybridized carbons (Fsp3) is 0.200. The lowest BCUT2D eigenvalue weighted by Crippen LogP contribution is -2.27. The van der Waals surface area contributed by atoms with Gasteiger partial charge in [-0.2, -0.15) is 5.10 Å². The van der Waals surface area contributed by atoms with Gasteiger partial charge in [0.25, 0.3) is 5.91 Å². The number of aromatic amines is 1. The number of carbonyl (C=O) groups excluding carboxylic acids is 1. The van der Waals surface area contributed by atoms with Crippen LogP contribution in [0.4, 0.5) is 0 Å². The largest absolute Gasteiger partial charge is 0.339 e. The highest BCUT2D eigenvalue weighted by molar-refractivity contribution is 5.99. The van der Waals surface area contributed by atoms with Crippen LogP contribution in [0, 0.1) is 11.8 Å². The van der Waals surface area contributed by atoms with Crippen molar-refractivity contribution in [3.8, 4) is 11.8 Å². The number of benzene rings is 2. The molecule has 2 aromatic carbocycles. The van der Waals surface area contributed by atoms with E-state index in [1.807, 2.05) is 53.4 Å². The van der Waals surface area contributed by atoms with E-state index < -0.39 is 0 Å². The highest BCUT2D eigenvalue weighted by atomic mass is 16.2. The number of amides is 1. The lowest BCUT2D eigenvalue weighted by molar-refractivity contribution is 0.0793. The van der Waals surface area contributed by atoms with Gasteiger partial charge in [0.2, 0.25) is 0 Å². The third-order valence-electron chi connectivity index (χ3n) is 4.30. The predicted molar refractivity (Wildman–Crippen MR) is 93.7 cm³/mol. The van der Waals surface area contributed by atoms with Crippen molar-refractivity contribution >= 4 is 16.8 Å². The maximum atomic E-state index is 12.6. The van der Waals surface area contributed by atoms with E-state index in [0.29, 0.717) is 11.3 Å². The number of nitrogens with zero attached hydrogens (tertiary/aromatic N) is 2. The number of fused-ring (bicyclic) bond motifs is 1. The Balaban J connectivity index is 1.69. The number of carbonyl (C=O) groups is 1. The summed E-state index contributed by atoms with van der Waals surface area (Å²) in [4.78, 5) is 14.5. The molecule has 1 amide bonds. The van der Waals surface area contributed by atoms with E-state index >= 15 is 0 Å². The second kappa shape index (κ2) is 6.21. The Morgan fingerprint density at radius 1 is 1.04 bits per heavy atom. The van der Waals surface area contributed by atoms with Crippen molar-refractivity contribution in [1.82, 2.24) is 15.1 Å². The SMILES string of the molecule is O=C(c1ccc2[nH]nc(C#Cc3ccccc3)c2c1)N1CCCC1. The average molecular weight is 315 g/mol. The number of hydrogen-bond acceptors (Lipinski definition) is 2. The van der Waals surface area contributed by atoms with Crippen molar-refractivity contribution in [2.24, 2.45) is 0 Å². The molecule has 0 spiro atoms. The average Bonchev–Trinajstić information content (AvgIpc) is 3.30. The molecule has 1 aliphatic rings. The topological polar surface area (TPSA) is 49.0 Å². The quantitative estimate of drug-likeness (QED) is 0.701. The van der Waals surface area contributed by atoms with Crippen LogP contribution in [-0.2, 0) is 0 Å². The molecule has 0 atom stereocenters. The smallest absolute Gasteiger partial charge is 0.253 e. The molecule has 0 saturated carbocycles. The molecule has 3 aromatic rings. The van der Waals surface area contributed by atoms with Crippen LogP contribution in [0.5, 0.6) is 0 Å². The third-order valence-corrected chi connectivity index (χ3v) is 4.30. The molecule has 0 aliphatic carbocycles. The lowest BCUT2D eigenvalue weighted by Gasteiger charge is -2.14. The maximum Gasteiger partial charge on any atom is 0.253 e. The molecular weight excluding hydrogens is 298 g/mol. The second-order valence-corrected chi connectivity index (χ2v) is 5.95. The van der Waals surface area contributed by atoms with Crippen molar-refractivity contribution in [3.63, 3.8) is 0 Å². The number of likely N-dealkylation sites (tertiary alicyclic amines) is 1. The molecule has 4 heteroatoms. The highest BCUT2D eigenvalue weighted by Crippen LogP contribution is 2.20. The van der Waals surface area contributed by atoms with Crippen molar-refractivity contribution in [3.05, 3.63) is 65.4 Å². The van der Waals surface area contributed by atoms with Crippen LogP contribution in [0.15, 0.2) is 48.5 Å². The second-order valence-electron chi connectivity index (χ2n) is 5.95. The first-order valence-electron chi connectivity index (χ1n) is 8.16. The Labute approximate surface area is 140 Å². The zero-order chi connectivity index (χ0) is 16.4. The van der Waals surface area contributed by atoms with Gasteiger partial charge in [0.1, 0.15) is 5.69 Å². The summed E-state index contributed by atoms with van der Waals surface area (Å²) in [6, 6.07) is 15.5. The van der Waals surface area contributed by atoms with Gasteiger partial charge in [-0.1, -0.05) is 24.1 Å². The van der Waals surface area contributed by atoms with E-state index in [-0.39, 0.29) is 5.91 Å². The first-order chi connectivity index (χ1) is 11.8. The Hall–Kier alpha value is -3.06. The summed E-state index contributed by atoms with van der Waals surface area (Å²) in [7, 11) is 0. The summed E-state index contributed by atoms with van der Waals surface area (Å²) in [6.07, 6.45) is 2.18. The van der Waals surface area contributed by atoms with Gasteiger partial charge in [0, 0.05) is 29.6 Å². The molecule has 24 heavy (non-hydrogen) atoms. The molecule has 1 aliphatic heterocycles. The molecule has 4 rings (SSSR count). The minimum atomic E-state index is 0.0950. The molecule has 4 nitrogen and oxygen atoms in total. The van der Waals surface area contributed by atoms with Crippen molar-refractivity contribution < 1.29 is 4.79 Å². The molecular formula is C20H17N3O. The number of hydrogen-bond donors (Lipinski definition) is 1. The molecule has 1 fully saturated rings. The summed E-state index contributed by atoms with van der Waals surface area (Å²) in [5.41, 5.74) is 3.21. The number of H-pyrrole nitrogens is 1. The van der Waals surface area contributed by atoms with Gasteiger partial charge in [0.05, 0.1) is 5.52 Å². The van der Waals surface area contributed by atoms with Crippen LogP contribution in [0.2, 0.25) is 0 Å². The molecule has 118 valence electrons. The first kappa shape index (κ1) is 14.5. The molecule has 0 radical (unpaired) electrons. The third kappa shape index (κ3) is 2.77. The Kier molecular flexibility index (Phi) is 3.76. The fourth-order valence-electron chi connectivity index (χ4n) is 3.00. The van der Waals surface area contributed by atoms with Crippen LogP contribution >= 0.6 is 0 Å². The van der Waals surface area contributed by atoms with Gasteiger partial charge in [-0.25, -0.2) is 0 Å². The standard InChI is InChI=1S/C20H17N3O/c24-20(23-12-4-5-13-23)16-9-11-19-17(14-16)18(21-22-19)10-8-15-6-2-1-3-7-15/h1-3,6-7,9,11,14H,4-5,12-13H2,(H,21,22). The van der Waals surface area contributed by atoms with Crippen LogP contribution < -0.4 is 0 Å². The van der Waals surface area contributed by atoms with Crippen molar-refractivity contribution in [1.29, 1.82) is 0 Å². The lowest BCUT2D eigenvalue weighted by atomic mass is 10.1.